The maximum atomic E-state index is 12.0. The van der Waals surface area contributed by atoms with Crippen molar-refractivity contribution in [2.75, 3.05) is 13.6 Å². The van der Waals surface area contributed by atoms with Crippen LogP contribution in [0.5, 0.6) is 0 Å². The van der Waals surface area contributed by atoms with Gasteiger partial charge >= 0.3 is 0 Å². The molecule has 1 heterocycles. The van der Waals surface area contributed by atoms with Gasteiger partial charge in [0.05, 0.1) is 12.1 Å². The minimum absolute atomic E-state index is 0.0725. The molecule has 1 rings (SSSR count). The number of Topliss-reactive ketones (excluding diaryl/α,β-unsaturated/α-hetero) is 1. The van der Waals surface area contributed by atoms with E-state index in [-0.39, 0.29) is 23.8 Å². The topological polar surface area (TPSA) is 49.4 Å². The highest BCUT2D eigenvalue weighted by molar-refractivity contribution is 5.91. The molecule has 0 saturated carbocycles. The Morgan fingerprint density at radius 2 is 2.19 bits per heavy atom. The molecule has 4 nitrogen and oxygen atoms in total. The number of hydrogen-bond donors (Lipinski definition) is 1. The third-order valence-electron chi connectivity index (χ3n) is 3.13. The number of carbonyl (C=O) groups excluding carboxylic acids is 2. The molecule has 1 amide bonds. The smallest absolute Gasteiger partial charge is 0.240 e. The predicted octanol–water partition coefficient (Wildman–Crippen LogP) is 0.810. The van der Waals surface area contributed by atoms with E-state index in [1.54, 1.807) is 18.9 Å². The van der Waals surface area contributed by atoms with Gasteiger partial charge in [-0.2, -0.15) is 0 Å². The van der Waals surface area contributed by atoms with Gasteiger partial charge in [0.2, 0.25) is 5.91 Å². The van der Waals surface area contributed by atoms with Crippen LogP contribution < -0.4 is 5.32 Å². The zero-order valence-corrected chi connectivity index (χ0v) is 10.6. The molecule has 0 spiro atoms. The molecule has 1 aliphatic heterocycles. The second-order valence-corrected chi connectivity index (χ2v) is 4.92. The Bertz CT molecular complexity index is 276. The number of rotatable bonds is 5. The highest BCUT2D eigenvalue weighted by Crippen LogP contribution is 2.20. The molecule has 1 aliphatic rings. The molecule has 0 aromatic carbocycles. The Hall–Kier alpha value is -0.900. The summed E-state index contributed by atoms with van der Waals surface area (Å²) in [6.07, 6.45) is 1.56. The van der Waals surface area contributed by atoms with Crippen LogP contribution in [0.4, 0.5) is 0 Å². The van der Waals surface area contributed by atoms with Crippen molar-refractivity contribution in [2.24, 2.45) is 5.92 Å². The zero-order chi connectivity index (χ0) is 12.3. The molecule has 1 fully saturated rings. The van der Waals surface area contributed by atoms with Gasteiger partial charge in [0.1, 0.15) is 0 Å². The van der Waals surface area contributed by atoms with Gasteiger partial charge in [0, 0.05) is 6.54 Å². The number of hydrogen-bond acceptors (Lipinski definition) is 3. The van der Waals surface area contributed by atoms with Gasteiger partial charge in [-0.25, -0.2) is 0 Å². The first-order valence-electron chi connectivity index (χ1n) is 5.95. The lowest BCUT2D eigenvalue weighted by molar-refractivity contribution is -0.137. The van der Waals surface area contributed by atoms with Crippen LogP contribution >= 0.6 is 0 Å². The van der Waals surface area contributed by atoms with Crippen LogP contribution in [0.15, 0.2) is 0 Å². The molecule has 16 heavy (non-hydrogen) atoms. The minimum atomic E-state index is -0.231. The van der Waals surface area contributed by atoms with Crippen molar-refractivity contribution < 1.29 is 9.59 Å². The first-order chi connectivity index (χ1) is 7.47. The SMILES string of the molecule is CNC1CCN(C(CC(C)C)C(C)=O)C1=O. The minimum Gasteiger partial charge on any atom is -0.331 e. The van der Waals surface area contributed by atoms with E-state index in [0.717, 1.165) is 12.8 Å². The molecular formula is C12H22N2O2. The number of nitrogens with zero attached hydrogens (tertiary/aromatic N) is 1. The van der Waals surface area contributed by atoms with E-state index in [4.69, 9.17) is 0 Å². The van der Waals surface area contributed by atoms with Crippen LogP contribution in [0.1, 0.15) is 33.6 Å². The molecule has 0 aliphatic carbocycles. The van der Waals surface area contributed by atoms with Crippen LogP contribution in [0.2, 0.25) is 0 Å². The Kier molecular flexibility index (Phi) is 4.47. The number of likely N-dealkylation sites (N-methyl/N-ethyl adjacent to an activating group) is 1. The van der Waals surface area contributed by atoms with Crippen molar-refractivity contribution in [3.8, 4) is 0 Å². The first-order valence-corrected chi connectivity index (χ1v) is 5.95. The fourth-order valence-corrected chi connectivity index (χ4v) is 2.24. The van der Waals surface area contributed by atoms with Gasteiger partial charge < -0.3 is 10.2 Å². The summed E-state index contributed by atoms with van der Waals surface area (Å²) in [5.74, 6) is 0.595. The normalized spacial score (nSPS) is 22.9. The first kappa shape index (κ1) is 13.2. The Balaban J connectivity index is 2.73. The maximum Gasteiger partial charge on any atom is 0.240 e. The molecule has 0 aromatic rings. The van der Waals surface area contributed by atoms with E-state index in [0.29, 0.717) is 12.5 Å². The fourth-order valence-electron chi connectivity index (χ4n) is 2.24. The Labute approximate surface area is 97.4 Å². The molecule has 0 radical (unpaired) electrons. The van der Waals surface area contributed by atoms with Crippen molar-refractivity contribution in [1.29, 1.82) is 0 Å². The Morgan fingerprint density at radius 1 is 1.56 bits per heavy atom. The average molecular weight is 226 g/mol. The van der Waals surface area contributed by atoms with Crippen LogP contribution in [-0.4, -0.2) is 42.3 Å². The summed E-state index contributed by atoms with van der Waals surface area (Å²) >= 11 is 0. The highest BCUT2D eigenvalue weighted by Gasteiger charge is 2.36. The van der Waals surface area contributed by atoms with Crippen molar-refractivity contribution in [3.63, 3.8) is 0 Å². The summed E-state index contributed by atoms with van der Waals surface area (Å²) in [7, 11) is 1.79. The third-order valence-corrected chi connectivity index (χ3v) is 3.13. The van der Waals surface area contributed by atoms with Crippen LogP contribution in [-0.2, 0) is 9.59 Å². The van der Waals surface area contributed by atoms with Gasteiger partial charge in [-0.3, -0.25) is 9.59 Å². The van der Waals surface area contributed by atoms with Crippen molar-refractivity contribution in [2.45, 2.75) is 45.7 Å². The second-order valence-electron chi connectivity index (χ2n) is 4.92. The molecule has 0 bridgehead atoms. The highest BCUT2D eigenvalue weighted by atomic mass is 16.2. The largest absolute Gasteiger partial charge is 0.331 e. The number of likely N-dealkylation sites (tertiary alicyclic amines) is 1. The Morgan fingerprint density at radius 3 is 2.56 bits per heavy atom. The fraction of sp³-hybridized carbons (Fsp3) is 0.833. The lowest BCUT2D eigenvalue weighted by Crippen LogP contribution is -2.45. The number of ketones is 1. The number of amides is 1. The molecule has 92 valence electrons. The second kappa shape index (κ2) is 5.43. The number of nitrogens with one attached hydrogen (secondary N) is 1. The van der Waals surface area contributed by atoms with Crippen molar-refractivity contribution in [3.05, 3.63) is 0 Å². The standard InChI is InChI=1S/C12H22N2O2/c1-8(2)7-11(9(3)15)14-6-5-10(13-4)12(14)16/h8,10-11,13H,5-7H2,1-4H3. The van der Waals surface area contributed by atoms with Crippen LogP contribution in [0, 0.1) is 5.92 Å². The molecule has 1 N–H and O–H groups in total. The molecule has 2 unspecified atom stereocenters. The van der Waals surface area contributed by atoms with Crippen LogP contribution in [0.25, 0.3) is 0 Å². The van der Waals surface area contributed by atoms with E-state index in [1.165, 1.54) is 0 Å². The monoisotopic (exact) mass is 226 g/mol. The van der Waals surface area contributed by atoms with E-state index in [1.807, 2.05) is 0 Å². The predicted molar refractivity (Wildman–Crippen MR) is 63.1 cm³/mol. The van der Waals surface area contributed by atoms with Gasteiger partial charge in [0.25, 0.3) is 0 Å². The van der Waals surface area contributed by atoms with Crippen molar-refractivity contribution in [1.82, 2.24) is 10.2 Å². The van der Waals surface area contributed by atoms with Gasteiger partial charge in [0.15, 0.2) is 5.78 Å². The summed E-state index contributed by atoms with van der Waals surface area (Å²) in [5, 5.41) is 2.99. The molecule has 4 heteroatoms. The molecule has 0 aromatic heterocycles. The van der Waals surface area contributed by atoms with Crippen molar-refractivity contribution >= 4 is 11.7 Å². The molecule has 2 atom stereocenters. The summed E-state index contributed by atoms with van der Waals surface area (Å²) in [5.41, 5.74) is 0. The number of carbonyl (C=O) groups is 2. The third kappa shape index (κ3) is 2.82. The lowest BCUT2D eigenvalue weighted by atomic mass is 10.00. The molecular weight excluding hydrogens is 204 g/mol. The summed E-state index contributed by atoms with van der Waals surface area (Å²) in [6, 6.07) is -0.333. The van der Waals surface area contributed by atoms with E-state index in [9.17, 15) is 9.59 Å². The quantitative estimate of drug-likeness (QED) is 0.754. The van der Waals surface area contributed by atoms with Crippen LogP contribution in [0.3, 0.4) is 0 Å². The maximum absolute atomic E-state index is 12.0. The average Bonchev–Trinajstić information content (AvgIpc) is 2.55. The summed E-state index contributed by atoms with van der Waals surface area (Å²) in [4.78, 5) is 25.3. The van der Waals surface area contributed by atoms with E-state index in [2.05, 4.69) is 19.2 Å². The zero-order valence-electron chi connectivity index (χ0n) is 10.6. The van der Waals surface area contributed by atoms with Gasteiger partial charge in [-0.1, -0.05) is 13.8 Å². The van der Waals surface area contributed by atoms with E-state index >= 15 is 0 Å². The van der Waals surface area contributed by atoms with Gasteiger partial charge in [-0.05, 0) is 32.7 Å². The van der Waals surface area contributed by atoms with E-state index < -0.39 is 0 Å². The summed E-state index contributed by atoms with van der Waals surface area (Å²) in [6.45, 7) is 6.42. The molecule has 1 saturated heterocycles. The lowest BCUT2D eigenvalue weighted by Gasteiger charge is -2.27. The summed E-state index contributed by atoms with van der Waals surface area (Å²) < 4.78 is 0. The van der Waals surface area contributed by atoms with Gasteiger partial charge in [-0.15, -0.1) is 0 Å².